The van der Waals surface area contributed by atoms with Crippen LogP contribution in [0.3, 0.4) is 0 Å². The summed E-state index contributed by atoms with van der Waals surface area (Å²) in [7, 11) is 0. The molecule has 0 fully saturated rings. The molecule has 0 radical (unpaired) electrons. The summed E-state index contributed by atoms with van der Waals surface area (Å²) in [5.74, 6) is 1.00. The number of phenolic OH excluding ortho intramolecular Hbond substituents is 2. The van der Waals surface area contributed by atoms with Crippen LogP contribution in [-0.2, 0) is 0 Å². The highest BCUT2D eigenvalue weighted by atomic mass is 16.3. The maximum Gasteiger partial charge on any atom is 0.146 e. The van der Waals surface area contributed by atoms with E-state index in [4.69, 9.17) is 0 Å². The Balaban J connectivity index is 2.18. The first-order chi connectivity index (χ1) is 8.77. The van der Waals surface area contributed by atoms with Crippen molar-refractivity contribution in [1.29, 1.82) is 0 Å². The third kappa shape index (κ3) is 1.07. The van der Waals surface area contributed by atoms with Crippen LogP contribution in [0.5, 0.6) is 11.5 Å². The molecule has 0 spiro atoms. The minimum absolute atomic E-state index is 0.224. The van der Waals surface area contributed by atoms with Gasteiger partial charge in [0.15, 0.2) is 0 Å². The predicted molar refractivity (Wildman–Crippen MR) is 68.9 cm³/mol. The Morgan fingerprint density at radius 3 is 2.33 bits per heavy atom. The highest BCUT2D eigenvalue weighted by Crippen LogP contribution is 2.54. The second-order valence-electron chi connectivity index (χ2n) is 5.10. The molecule has 1 aromatic heterocycles. The van der Waals surface area contributed by atoms with E-state index in [9.17, 15) is 10.2 Å². The summed E-state index contributed by atoms with van der Waals surface area (Å²) in [6.07, 6.45) is 8.03. The van der Waals surface area contributed by atoms with Gasteiger partial charge < -0.3 is 10.2 Å². The zero-order chi connectivity index (χ0) is 12.3. The number of allylic oxidation sites excluding steroid dienone is 2. The third-order valence-corrected chi connectivity index (χ3v) is 4.19. The fraction of sp³-hybridized carbons (Fsp3) is 0.267. The molecule has 3 aliphatic carbocycles. The zero-order valence-electron chi connectivity index (χ0n) is 9.80. The number of hydrogen-bond donors (Lipinski definition) is 2. The SMILES string of the molecule is Oc1c2c(c(O)c3ncccc13)[C@@H]1C=C[C@@H]2CC1. The molecule has 0 unspecified atom stereocenters. The number of fused-ring (bicyclic) bond motifs is 2. The van der Waals surface area contributed by atoms with Crippen LogP contribution >= 0.6 is 0 Å². The molecule has 2 N–H and O–H groups in total. The van der Waals surface area contributed by atoms with Gasteiger partial charge in [0.2, 0.25) is 0 Å². The van der Waals surface area contributed by atoms with Crippen molar-refractivity contribution in [2.24, 2.45) is 0 Å². The lowest BCUT2D eigenvalue weighted by atomic mass is 9.70. The lowest BCUT2D eigenvalue weighted by Gasteiger charge is -2.34. The fourth-order valence-electron chi connectivity index (χ4n) is 3.36. The zero-order valence-corrected chi connectivity index (χ0v) is 9.80. The number of nitrogens with zero attached hydrogens (tertiary/aromatic N) is 1. The lowest BCUT2D eigenvalue weighted by Crippen LogP contribution is -2.17. The van der Waals surface area contributed by atoms with Crippen molar-refractivity contribution in [3.05, 3.63) is 41.6 Å². The van der Waals surface area contributed by atoms with E-state index in [1.54, 1.807) is 12.3 Å². The van der Waals surface area contributed by atoms with Crippen molar-refractivity contribution in [3.8, 4) is 11.5 Å². The van der Waals surface area contributed by atoms with Gasteiger partial charge in [-0.3, -0.25) is 4.98 Å². The van der Waals surface area contributed by atoms with E-state index in [1.807, 2.05) is 6.07 Å². The van der Waals surface area contributed by atoms with E-state index in [2.05, 4.69) is 17.1 Å². The molecule has 2 bridgehead atoms. The summed E-state index contributed by atoms with van der Waals surface area (Å²) in [5, 5.41) is 21.5. The minimum Gasteiger partial charge on any atom is -0.507 e. The molecule has 5 rings (SSSR count). The van der Waals surface area contributed by atoms with Crippen molar-refractivity contribution in [1.82, 2.24) is 4.98 Å². The fourth-order valence-corrected chi connectivity index (χ4v) is 3.36. The van der Waals surface area contributed by atoms with E-state index >= 15 is 0 Å². The van der Waals surface area contributed by atoms with E-state index < -0.39 is 0 Å². The molecule has 1 aromatic carbocycles. The number of hydrogen-bond acceptors (Lipinski definition) is 3. The topological polar surface area (TPSA) is 53.4 Å². The third-order valence-electron chi connectivity index (χ3n) is 4.19. The maximum absolute atomic E-state index is 10.5. The number of pyridine rings is 1. The quantitative estimate of drug-likeness (QED) is 0.548. The van der Waals surface area contributed by atoms with Crippen molar-refractivity contribution in [2.75, 3.05) is 0 Å². The Labute approximate surface area is 104 Å². The molecule has 3 aliphatic rings. The van der Waals surface area contributed by atoms with Gasteiger partial charge in [-0.2, -0.15) is 0 Å². The molecular formula is C15H13NO2. The van der Waals surface area contributed by atoms with Crippen LogP contribution in [0.25, 0.3) is 10.9 Å². The van der Waals surface area contributed by atoms with E-state index in [1.165, 1.54) is 0 Å². The average Bonchev–Trinajstić information content (AvgIpc) is 2.45. The van der Waals surface area contributed by atoms with Crippen LogP contribution in [0.2, 0.25) is 0 Å². The normalized spacial score (nSPS) is 24.4. The van der Waals surface area contributed by atoms with Gasteiger partial charge in [0, 0.05) is 34.5 Å². The summed E-state index contributed by atoms with van der Waals surface area (Å²) >= 11 is 0. The monoisotopic (exact) mass is 239 g/mol. The molecule has 0 aliphatic heterocycles. The van der Waals surface area contributed by atoms with Crippen LogP contribution in [0.1, 0.15) is 35.8 Å². The highest BCUT2D eigenvalue weighted by Gasteiger charge is 2.35. The van der Waals surface area contributed by atoms with Crippen LogP contribution in [0.4, 0.5) is 0 Å². The second kappa shape index (κ2) is 3.25. The number of phenols is 2. The van der Waals surface area contributed by atoms with Gasteiger partial charge in [0.05, 0.1) is 0 Å². The number of rotatable bonds is 0. The van der Waals surface area contributed by atoms with E-state index in [-0.39, 0.29) is 17.6 Å². The highest BCUT2D eigenvalue weighted by molar-refractivity contribution is 5.93. The standard InChI is InChI=1S/C15H13NO2/c17-14-10-2-1-7-16-13(10)15(18)12-9-5-3-8(4-6-9)11(12)14/h1-3,5,7-9,17-18H,4,6H2/t8-,9-/m1/s1. The number of benzene rings is 1. The molecule has 90 valence electrons. The average molecular weight is 239 g/mol. The first kappa shape index (κ1) is 9.95. The van der Waals surface area contributed by atoms with Crippen molar-refractivity contribution < 1.29 is 10.2 Å². The van der Waals surface area contributed by atoms with Crippen molar-refractivity contribution in [3.63, 3.8) is 0 Å². The molecule has 2 atom stereocenters. The summed E-state index contributed by atoms with van der Waals surface area (Å²) in [5.41, 5.74) is 2.30. The Morgan fingerprint density at radius 1 is 1.00 bits per heavy atom. The van der Waals surface area contributed by atoms with E-state index in [0.717, 1.165) is 24.0 Å². The summed E-state index contributed by atoms with van der Waals surface area (Å²) < 4.78 is 0. The van der Waals surface area contributed by atoms with Crippen LogP contribution in [-0.4, -0.2) is 15.2 Å². The Morgan fingerprint density at radius 2 is 1.67 bits per heavy atom. The smallest absolute Gasteiger partial charge is 0.146 e. The molecule has 2 aromatic rings. The number of aromatic nitrogens is 1. The van der Waals surface area contributed by atoms with Gasteiger partial charge in [0.25, 0.3) is 0 Å². The second-order valence-corrected chi connectivity index (χ2v) is 5.10. The lowest BCUT2D eigenvalue weighted by molar-refractivity contribution is 0.428. The number of aromatic hydroxyl groups is 2. The minimum atomic E-state index is 0.224. The molecule has 18 heavy (non-hydrogen) atoms. The Bertz CT molecular complexity index is 632. The van der Waals surface area contributed by atoms with Gasteiger partial charge >= 0.3 is 0 Å². The Hall–Kier alpha value is -2.03. The van der Waals surface area contributed by atoms with Crippen LogP contribution in [0.15, 0.2) is 30.5 Å². The van der Waals surface area contributed by atoms with E-state index in [0.29, 0.717) is 16.7 Å². The first-order valence-corrected chi connectivity index (χ1v) is 6.28. The Kier molecular flexibility index (Phi) is 1.80. The molecule has 3 nitrogen and oxygen atoms in total. The van der Waals surface area contributed by atoms with Gasteiger partial charge in [-0.1, -0.05) is 12.2 Å². The molecule has 0 saturated heterocycles. The molecule has 1 heterocycles. The maximum atomic E-state index is 10.5. The van der Waals surface area contributed by atoms with Crippen LogP contribution < -0.4 is 0 Å². The van der Waals surface area contributed by atoms with Gasteiger partial charge in [-0.05, 0) is 25.0 Å². The summed E-state index contributed by atoms with van der Waals surface area (Å²) in [6.45, 7) is 0. The van der Waals surface area contributed by atoms with Gasteiger partial charge in [-0.25, -0.2) is 0 Å². The summed E-state index contributed by atoms with van der Waals surface area (Å²) in [6, 6.07) is 3.59. The largest absolute Gasteiger partial charge is 0.507 e. The first-order valence-electron chi connectivity index (χ1n) is 6.28. The summed E-state index contributed by atoms with van der Waals surface area (Å²) in [4.78, 5) is 4.20. The molecular weight excluding hydrogens is 226 g/mol. The predicted octanol–water partition coefficient (Wildman–Crippen LogP) is 3.18. The molecule has 0 amide bonds. The molecule has 0 saturated carbocycles. The van der Waals surface area contributed by atoms with Gasteiger partial charge in [0.1, 0.15) is 17.0 Å². The molecule has 3 heteroatoms. The van der Waals surface area contributed by atoms with Crippen molar-refractivity contribution >= 4 is 10.9 Å². The van der Waals surface area contributed by atoms with Crippen LogP contribution in [0, 0.1) is 0 Å². The van der Waals surface area contributed by atoms with Gasteiger partial charge in [-0.15, -0.1) is 0 Å². The van der Waals surface area contributed by atoms with Crippen molar-refractivity contribution in [2.45, 2.75) is 24.7 Å².